The Kier molecular flexibility index (Phi) is 4.66. The molecule has 4 nitrogen and oxygen atoms in total. The van der Waals surface area contributed by atoms with Gasteiger partial charge in [-0.05, 0) is 37.0 Å². The van der Waals surface area contributed by atoms with Crippen LogP contribution in [0.2, 0.25) is 0 Å². The predicted molar refractivity (Wildman–Crippen MR) is 96.3 cm³/mol. The zero-order valence-corrected chi connectivity index (χ0v) is 15.3. The molecule has 0 bridgehead atoms. The molecular formula is C20H28N2O2. The van der Waals surface area contributed by atoms with Crippen LogP contribution in [-0.2, 0) is 16.7 Å². The molecule has 4 heteroatoms. The number of methoxy groups -OCH3 is 1. The second-order valence-electron chi connectivity index (χ2n) is 8.00. The van der Waals surface area contributed by atoms with Crippen molar-refractivity contribution in [1.29, 1.82) is 0 Å². The molecule has 1 fully saturated rings. The van der Waals surface area contributed by atoms with Gasteiger partial charge in [0, 0.05) is 12.0 Å². The van der Waals surface area contributed by atoms with Crippen LogP contribution in [0, 0.1) is 5.92 Å². The summed E-state index contributed by atoms with van der Waals surface area (Å²) in [6.45, 7) is 7.63. The lowest BCUT2D eigenvalue weighted by Crippen LogP contribution is -2.22. The number of hydrogen-bond donors (Lipinski definition) is 0. The zero-order valence-electron chi connectivity index (χ0n) is 15.3. The SMILES string of the molecule is COC(=O)c1ccc2c(c1)nc(C(C)(C)C)n2CC1CCCCC1. The van der Waals surface area contributed by atoms with E-state index >= 15 is 0 Å². The third kappa shape index (κ3) is 3.33. The van der Waals surface area contributed by atoms with E-state index < -0.39 is 0 Å². The molecule has 0 spiro atoms. The second-order valence-corrected chi connectivity index (χ2v) is 8.00. The summed E-state index contributed by atoms with van der Waals surface area (Å²) >= 11 is 0. The lowest BCUT2D eigenvalue weighted by Gasteiger charge is -2.26. The monoisotopic (exact) mass is 328 g/mol. The normalized spacial score (nSPS) is 16.5. The van der Waals surface area contributed by atoms with Crippen molar-refractivity contribution in [2.75, 3.05) is 7.11 Å². The molecule has 0 amide bonds. The Morgan fingerprint density at radius 3 is 2.58 bits per heavy atom. The molecule has 1 aromatic carbocycles. The smallest absolute Gasteiger partial charge is 0.337 e. The summed E-state index contributed by atoms with van der Waals surface area (Å²) in [5.41, 5.74) is 2.55. The molecule has 0 N–H and O–H groups in total. The summed E-state index contributed by atoms with van der Waals surface area (Å²) in [4.78, 5) is 16.7. The van der Waals surface area contributed by atoms with E-state index in [0.717, 1.165) is 29.3 Å². The van der Waals surface area contributed by atoms with Crippen LogP contribution in [0.5, 0.6) is 0 Å². The first-order valence-corrected chi connectivity index (χ1v) is 8.99. The van der Waals surface area contributed by atoms with Gasteiger partial charge in [-0.1, -0.05) is 40.0 Å². The van der Waals surface area contributed by atoms with Gasteiger partial charge in [-0.15, -0.1) is 0 Å². The Hall–Kier alpha value is -1.84. The second kappa shape index (κ2) is 6.58. The first kappa shape index (κ1) is 17.0. The fraction of sp³-hybridized carbons (Fsp3) is 0.600. The summed E-state index contributed by atoms with van der Waals surface area (Å²) < 4.78 is 7.22. The fourth-order valence-electron chi connectivity index (χ4n) is 3.76. The first-order chi connectivity index (χ1) is 11.4. The Labute approximate surface area is 144 Å². The Balaban J connectivity index is 2.04. The van der Waals surface area contributed by atoms with Crippen LogP contribution in [0.15, 0.2) is 18.2 Å². The first-order valence-electron chi connectivity index (χ1n) is 8.99. The van der Waals surface area contributed by atoms with Crippen LogP contribution < -0.4 is 0 Å². The highest BCUT2D eigenvalue weighted by Crippen LogP contribution is 2.31. The molecule has 0 radical (unpaired) electrons. The maximum Gasteiger partial charge on any atom is 0.337 e. The van der Waals surface area contributed by atoms with Gasteiger partial charge in [0.25, 0.3) is 0 Å². The highest BCUT2D eigenvalue weighted by Gasteiger charge is 2.25. The number of aromatic nitrogens is 2. The number of hydrogen-bond acceptors (Lipinski definition) is 3. The van der Waals surface area contributed by atoms with E-state index in [2.05, 4.69) is 25.3 Å². The van der Waals surface area contributed by atoms with Crippen LogP contribution in [0.4, 0.5) is 0 Å². The molecule has 2 aromatic rings. The molecule has 0 atom stereocenters. The van der Waals surface area contributed by atoms with Crippen molar-refractivity contribution in [2.24, 2.45) is 5.92 Å². The van der Waals surface area contributed by atoms with Crippen LogP contribution in [0.1, 0.15) is 69.1 Å². The number of fused-ring (bicyclic) bond motifs is 1. The molecule has 1 saturated carbocycles. The maximum atomic E-state index is 11.8. The number of esters is 1. The Morgan fingerprint density at radius 2 is 1.96 bits per heavy atom. The van der Waals surface area contributed by atoms with Gasteiger partial charge in [-0.25, -0.2) is 9.78 Å². The minimum Gasteiger partial charge on any atom is -0.465 e. The number of imidazole rings is 1. The Bertz CT molecular complexity index is 734. The van der Waals surface area contributed by atoms with E-state index in [-0.39, 0.29) is 11.4 Å². The van der Waals surface area contributed by atoms with E-state index in [4.69, 9.17) is 9.72 Å². The van der Waals surface area contributed by atoms with E-state index in [9.17, 15) is 4.79 Å². The summed E-state index contributed by atoms with van der Waals surface area (Å²) in [7, 11) is 1.41. The largest absolute Gasteiger partial charge is 0.465 e. The molecule has 130 valence electrons. The number of rotatable bonds is 3. The number of ether oxygens (including phenoxy) is 1. The van der Waals surface area contributed by atoms with Gasteiger partial charge in [-0.3, -0.25) is 0 Å². The fourth-order valence-corrected chi connectivity index (χ4v) is 3.76. The molecule has 0 aliphatic heterocycles. The van der Waals surface area contributed by atoms with E-state index in [0.29, 0.717) is 5.56 Å². The molecule has 0 unspecified atom stereocenters. The van der Waals surface area contributed by atoms with Crippen molar-refractivity contribution in [1.82, 2.24) is 9.55 Å². The van der Waals surface area contributed by atoms with Crippen molar-refractivity contribution >= 4 is 17.0 Å². The molecule has 0 saturated heterocycles. The summed E-state index contributed by atoms with van der Waals surface area (Å²) in [6.07, 6.45) is 6.67. The van der Waals surface area contributed by atoms with Gasteiger partial charge < -0.3 is 9.30 Å². The highest BCUT2D eigenvalue weighted by molar-refractivity contribution is 5.93. The third-order valence-electron chi connectivity index (χ3n) is 5.01. The average Bonchev–Trinajstić information content (AvgIpc) is 2.93. The van der Waals surface area contributed by atoms with Crippen molar-refractivity contribution < 1.29 is 9.53 Å². The summed E-state index contributed by atoms with van der Waals surface area (Å²) in [5.74, 6) is 1.53. The minimum atomic E-state index is -0.309. The van der Waals surface area contributed by atoms with Gasteiger partial charge in [-0.2, -0.15) is 0 Å². The molecule has 1 aromatic heterocycles. The van der Waals surface area contributed by atoms with Gasteiger partial charge in [0.2, 0.25) is 0 Å². The lowest BCUT2D eigenvalue weighted by molar-refractivity contribution is 0.0601. The molecule has 1 heterocycles. The summed E-state index contributed by atoms with van der Waals surface area (Å²) in [6, 6.07) is 5.72. The van der Waals surface area contributed by atoms with Crippen LogP contribution >= 0.6 is 0 Å². The quantitative estimate of drug-likeness (QED) is 0.767. The number of nitrogens with zero attached hydrogens (tertiary/aromatic N) is 2. The topological polar surface area (TPSA) is 44.1 Å². The molecule has 1 aliphatic carbocycles. The number of carbonyl (C=O) groups excluding carboxylic acids is 1. The Morgan fingerprint density at radius 1 is 1.25 bits per heavy atom. The van der Waals surface area contributed by atoms with Gasteiger partial charge in [0.1, 0.15) is 5.82 Å². The maximum absolute atomic E-state index is 11.8. The predicted octanol–water partition coefficient (Wildman–Crippen LogP) is 4.70. The van der Waals surface area contributed by atoms with E-state index in [1.165, 1.54) is 39.2 Å². The van der Waals surface area contributed by atoms with Crippen LogP contribution in [0.3, 0.4) is 0 Å². The highest BCUT2D eigenvalue weighted by atomic mass is 16.5. The standard InChI is InChI=1S/C20H28N2O2/c1-20(2,3)19-21-16-12-15(18(23)24-4)10-11-17(16)22(19)13-14-8-6-5-7-9-14/h10-12,14H,5-9,13H2,1-4H3. The molecule has 24 heavy (non-hydrogen) atoms. The van der Waals surface area contributed by atoms with Crippen LogP contribution in [-0.4, -0.2) is 22.6 Å². The van der Waals surface area contributed by atoms with E-state index in [1.807, 2.05) is 18.2 Å². The van der Waals surface area contributed by atoms with Crippen molar-refractivity contribution in [3.8, 4) is 0 Å². The lowest BCUT2D eigenvalue weighted by atomic mass is 9.88. The van der Waals surface area contributed by atoms with Gasteiger partial charge in [0.05, 0.1) is 23.7 Å². The minimum absolute atomic E-state index is 0.0287. The molecule has 3 rings (SSSR count). The van der Waals surface area contributed by atoms with Crippen molar-refractivity contribution in [3.05, 3.63) is 29.6 Å². The van der Waals surface area contributed by atoms with Crippen molar-refractivity contribution in [3.63, 3.8) is 0 Å². The zero-order chi connectivity index (χ0) is 17.3. The van der Waals surface area contributed by atoms with Crippen LogP contribution in [0.25, 0.3) is 11.0 Å². The molecule has 1 aliphatic rings. The number of benzene rings is 1. The van der Waals surface area contributed by atoms with Gasteiger partial charge >= 0.3 is 5.97 Å². The average molecular weight is 328 g/mol. The number of carbonyl (C=O) groups is 1. The van der Waals surface area contributed by atoms with Gasteiger partial charge in [0.15, 0.2) is 0 Å². The molecular weight excluding hydrogens is 300 g/mol. The van der Waals surface area contributed by atoms with Crippen molar-refractivity contribution in [2.45, 2.75) is 64.8 Å². The van der Waals surface area contributed by atoms with E-state index in [1.54, 1.807) is 0 Å². The third-order valence-corrected chi connectivity index (χ3v) is 5.01. The summed E-state index contributed by atoms with van der Waals surface area (Å²) in [5, 5.41) is 0.